The molecule has 0 amide bonds. The third kappa shape index (κ3) is 3.16. The van der Waals surface area contributed by atoms with Crippen LogP contribution in [0.4, 0.5) is 4.39 Å². The predicted molar refractivity (Wildman–Crippen MR) is 70.2 cm³/mol. The van der Waals surface area contributed by atoms with Gasteiger partial charge in [0, 0.05) is 18.2 Å². The van der Waals surface area contributed by atoms with E-state index in [2.05, 4.69) is 25.2 Å². The van der Waals surface area contributed by atoms with Gasteiger partial charge in [-0.2, -0.15) is 0 Å². The first-order valence-electron chi connectivity index (χ1n) is 6.38. The van der Waals surface area contributed by atoms with Crippen LogP contribution in [0.3, 0.4) is 0 Å². The monoisotopic (exact) mass is 233 g/mol. The Morgan fingerprint density at radius 2 is 2.18 bits per heavy atom. The summed E-state index contributed by atoms with van der Waals surface area (Å²) < 4.78 is 13.9. The van der Waals surface area contributed by atoms with E-state index in [4.69, 9.17) is 0 Å². The van der Waals surface area contributed by atoms with Crippen molar-refractivity contribution in [1.82, 2.24) is 5.32 Å². The van der Waals surface area contributed by atoms with Crippen LogP contribution < -0.4 is 5.32 Å². The van der Waals surface area contributed by atoms with Gasteiger partial charge in [0.2, 0.25) is 0 Å². The molecule has 2 rings (SSSR count). The molecule has 0 aromatic heterocycles. The smallest absolute Gasteiger partial charge is 0.128 e. The topological polar surface area (TPSA) is 12.0 Å². The molecule has 1 aromatic carbocycles. The van der Waals surface area contributed by atoms with Crippen LogP contribution in [0.1, 0.15) is 44.2 Å². The van der Waals surface area contributed by atoms with Gasteiger partial charge in [-0.3, -0.25) is 0 Å². The quantitative estimate of drug-likeness (QED) is 0.832. The van der Waals surface area contributed by atoms with Gasteiger partial charge in [0.25, 0.3) is 0 Å². The highest BCUT2D eigenvalue weighted by Crippen LogP contribution is 2.28. The Hall–Kier alpha value is -1.15. The van der Waals surface area contributed by atoms with Gasteiger partial charge in [0.15, 0.2) is 0 Å². The van der Waals surface area contributed by atoms with E-state index in [1.54, 1.807) is 6.07 Å². The molecule has 0 spiro atoms. The first kappa shape index (κ1) is 12.3. The standard InChI is InChI=1S/C15H20FN/c1-11(2)17-10-14-8-7-13(9-15(14)16)12-5-3-4-6-12/h5,7-9,11,17H,3-4,6,10H2,1-2H3. The molecule has 0 atom stereocenters. The number of rotatable bonds is 4. The van der Waals surface area contributed by atoms with Gasteiger partial charge >= 0.3 is 0 Å². The van der Waals surface area contributed by atoms with Crippen molar-refractivity contribution in [3.05, 3.63) is 41.2 Å². The summed E-state index contributed by atoms with van der Waals surface area (Å²) in [5.74, 6) is -0.0940. The maximum atomic E-state index is 13.9. The van der Waals surface area contributed by atoms with Gasteiger partial charge in [-0.25, -0.2) is 4.39 Å². The molecule has 1 nitrogen and oxygen atoms in total. The van der Waals surface area contributed by atoms with Crippen molar-refractivity contribution in [3.63, 3.8) is 0 Å². The van der Waals surface area contributed by atoms with Crippen LogP contribution in [0.25, 0.3) is 5.57 Å². The molecule has 0 saturated heterocycles. The number of allylic oxidation sites excluding steroid dienone is 2. The molecule has 0 aliphatic heterocycles. The Bertz CT molecular complexity index is 421. The summed E-state index contributed by atoms with van der Waals surface area (Å²) in [6, 6.07) is 6.00. The van der Waals surface area contributed by atoms with Crippen LogP contribution in [0.15, 0.2) is 24.3 Å². The van der Waals surface area contributed by atoms with E-state index in [1.807, 2.05) is 12.1 Å². The van der Waals surface area contributed by atoms with Gasteiger partial charge in [-0.1, -0.05) is 32.1 Å². The molecule has 92 valence electrons. The second-order valence-electron chi connectivity index (χ2n) is 4.96. The summed E-state index contributed by atoms with van der Waals surface area (Å²) in [4.78, 5) is 0. The highest BCUT2D eigenvalue weighted by molar-refractivity contribution is 5.67. The summed E-state index contributed by atoms with van der Waals surface area (Å²) in [5, 5.41) is 3.24. The maximum Gasteiger partial charge on any atom is 0.128 e. The summed E-state index contributed by atoms with van der Waals surface area (Å²) in [7, 11) is 0. The van der Waals surface area contributed by atoms with Crippen molar-refractivity contribution in [2.45, 2.75) is 45.7 Å². The molecule has 1 aliphatic carbocycles. The first-order chi connectivity index (χ1) is 8.16. The first-order valence-corrected chi connectivity index (χ1v) is 6.38. The molecule has 17 heavy (non-hydrogen) atoms. The summed E-state index contributed by atoms with van der Waals surface area (Å²) in [6.45, 7) is 4.73. The molecular weight excluding hydrogens is 213 g/mol. The van der Waals surface area contributed by atoms with Crippen molar-refractivity contribution in [3.8, 4) is 0 Å². The second kappa shape index (κ2) is 5.46. The fraction of sp³-hybridized carbons (Fsp3) is 0.467. The Morgan fingerprint density at radius 3 is 2.76 bits per heavy atom. The number of halogens is 1. The Kier molecular flexibility index (Phi) is 3.95. The molecular formula is C15H20FN. The van der Waals surface area contributed by atoms with Gasteiger partial charge in [0.1, 0.15) is 5.82 Å². The van der Waals surface area contributed by atoms with Gasteiger partial charge in [0.05, 0.1) is 0 Å². The average molecular weight is 233 g/mol. The molecule has 0 heterocycles. The Balaban J connectivity index is 2.11. The fourth-order valence-electron chi connectivity index (χ4n) is 2.14. The minimum absolute atomic E-state index is 0.0940. The number of benzene rings is 1. The molecule has 0 saturated carbocycles. The number of hydrogen-bond acceptors (Lipinski definition) is 1. The van der Waals surface area contributed by atoms with E-state index in [0.29, 0.717) is 12.6 Å². The molecule has 0 bridgehead atoms. The van der Waals surface area contributed by atoms with Crippen molar-refractivity contribution >= 4 is 5.57 Å². The fourth-order valence-corrected chi connectivity index (χ4v) is 2.14. The van der Waals surface area contributed by atoms with Crippen molar-refractivity contribution < 1.29 is 4.39 Å². The molecule has 1 aliphatic rings. The van der Waals surface area contributed by atoms with Crippen molar-refractivity contribution in [1.29, 1.82) is 0 Å². The largest absolute Gasteiger partial charge is 0.310 e. The Morgan fingerprint density at radius 1 is 1.35 bits per heavy atom. The average Bonchev–Trinajstić information content (AvgIpc) is 2.80. The zero-order valence-corrected chi connectivity index (χ0v) is 10.6. The third-order valence-electron chi connectivity index (χ3n) is 3.17. The summed E-state index contributed by atoms with van der Waals surface area (Å²) >= 11 is 0. The van der Waals surface area contributed by atoms with Gasteiger partial charge in [-0.15, -0.1) is 0 Å². The van der Waals surface area contributed by atoms with Crippen LogP contribution in [-0.2, 0) is 6.54 Å². The minimum Gasteiger partial charge on any atom is -0.310 e. The van der Waals surface area contributed by atoms with Gasteiger partial charge < -0.3 is 5.32 Å². The normalized spacial score (nSPS) is 15.4. The van der Waals surface area contributed by atoms with Crippen molar-refractivity contribution in [2.24, 2.45) is 0 Å². The summed E-state index contributed by atoms with van der Waals surface area (Å²) in [5.41, 5.74) is 3.10. The van der Waals surface area contributed by atoms with Crippen LogP contribution >= 0.6 is 0 Å². The lowest BCUT2D eigenvalue weighted by atomic mass is 10.0. The van der Waals surface area contributed by atoms with Gasteiger partial charge in [-0.05, 0) is 36.5 Å². The second-order valence-corrected chi connectivity index (χ2v) is 4.96. The van der Waals surface area contributed by atoms with E-state index in [-0.39, 0.29) is 5.82 Å². The Labute approximate surface area is 103 Å². The van der Waals surface area contributed by atoms with Crippen LogP contribution in [0, 0.1) is 5.82 Å². The zero-order valence-electron chi connectivity index (χ0n) is 10.6. The summed E-state index contributed by atoms with van der Waals surface area (Å²) in [6.07, 6.45) is 5.64. The van der Waals surface area contributed by atoms with E-state index in [9.17, 15) is 4.39 Å². The highest BCUT2D eigenvalue weighted by Gasteiger charge is 2.10. The highest BCUT2D eigenvalue weighted by atomic mass is 19.1. The number of hydrogen-bond donors (Lipinski definition) is 1. The van der Waals surface area contributed by atoms with E-state index < -0.39 is 0 Å². The third-order valence-corrected chi connectivity index (χ3v) is 3.17. The van der Waals surface area contributed by atoms with Crippen LogP contribution in [0.2, 0.25) is 0 Å². The van der Waals surface area contributed by atoms with Crippen LogP contribution in [-0.4, -0.2) is 6.04 Å². The predicted octanol–water partition coefficient (Wildman–Crippen LogP) is 3.89. The number of nitrogens with one attached hydrogen (secondary N) is 1. The molecule has 2 heteroatoms. The molecule has 1 N–H and O–H groups in total. The molecule has 0 fully saturated rings. The zero-order chi connectivity index (χ0) is 12.3. The van der Waals surface area contributed by atoms with E-state index in [0.717, 1.165) is 24.0 Å². The molecule has 0 radical (unpaired) electrons. The maximum absolute atomic E-state index is 13.9. The molecule has 0 unspecified atom stereocenters. The van der Waals surface area contributed by atoms with Crippen molar-refractivity contribution in [2.75, 3.05) is 0 Å². The lowest BCUT2D eigenvalue weighted by Gasteiger charge is -2.10. The minimum atomic E-state index is -0.0940. The SMILES string of the molecule is CC(C)NCc1ccc(C2=CCCC2)cc1F. The lowest BCUT2D eigenvalue weighted by Crippen LogP contribution is -2.22. The molecule has 1 aromatic rings. The van der Waals surface area contributed by atoms with E-state index in [1.165, 1.54) is 12.0 Å². The van der Waals surface area contributed by atoms with E-state index >= 15 is 0 Å². The lowest BCUT2D eigenvalue weighted by molar-refractivity contribution is 0.553. The van der Waals surface area contributed by atoms with Crippen LogP contribution in [0.5, 0.6) is 0 Å².